The van der Waals surface area contributed by atoms with Gasteiger partial charge in [0.25, 0.3) is 11.8 Å². The number of nitrogens with zero attached hydrogens (tertiary/aromatic N) is 3. The molecule has 1 aliphatic heterocycles. The van der Waals surface area contributed by atoms with Crippen LogP contribution in [0.15, 0.2) is 66.7 Å². The van der Waals surface area contributed by atoms with Gasteiger partial charge in [-0.2, -0.15) is 5.10 Å². The lowest BCUT2D eigenvalue weighted by Crippen LogP contribution is -2.50. The van der Waals surface area contributed by atoms with Crippen molar-refractivity contribution in [3.05, 3.63) is 94.3 Å². The van der Waals surface area contributed by atoms with E-state index in [1.54, 1.807) is 9.80 Å². The number of H-pyrrole nitrogens is 1. The number of carbonyl (C=O) groups excluding carboxylic acids is 2. The Kier molecular flexibility index (Phi) is 6.37. The number of piperazine rings is 1. The number of fused-ring (bicyclic) bond motifs is 1. The van der Waals surface area contributed by atoms with Crippen molar-refractivity contribution in [2.75, 3.05) is 31.5 Å². The molecule has 0 radical (unpaired) electrons. The van der Waals surface area contributed by atoms with E-state index in [4.69, 9.17) is 11.6 Å². The molecule has 0 atom stereocenters. The van der Waals surface area contributed by atoms with Gasteiger partial charge in [0.2, 0.25) is 0 Å². The molecule has 9 heteroatoms. The molecule has 4 aromatic rings. The number of aromatic nitrogens is 2. The molecule has 0 spiro atoms. The number of hydrogen-bond donors (Lipinski definition) is 2. The average Bonchev–Trinajstić information content (AvgIpc) is 3.32. The van der Waals surface area contributed by atoms with Crippen molar-refractivity contribution in [3.63, 3.8) is 0 Å². The fraction of sp³-hybridized carbons (Fsp3) is 0.192. The summed E-state index contributed by atoms with van der Waals surface area (Å²) in [4.78, 5) is 29.0. The zero-order chi connectivity index (χ0) is 24.4. The van der Waals surface area contributed by atoms with Crippen molar-refractivity contribution in [3.8, 4) is 0 Å². The van der Waals surface area contributed by atoms with Gasteiger partial charge in [0.15, 0.2) is 5.82 Å². The van der Waals surface area contributed by atoms with Gasteiger partial charge < -0.3 is 15.1 Å². The third-order valence-corrected chi connectivity index (χ3v) is 6.55. The predicted molar refractivity (Wildman–Crippen MR) is 133 cm³/mol. The average molecular weight is 492 g/mol. The summed E-state index contributed by atoms with van der Waals surface area (Å²) in [7, 11) is 0. The van der Waals surface area contributed by atoms with Gasteiger partial charge in [0.05, 0.1) is 16.1 Å². The van der Waals surface area contributed by atoms with E-state index < -0.39 is 5.82 Å². The summed E-state index contributed by atoms with van der Waals surface area (Å²) in [6.07, 6.45) is 0. The maximum Gasteiger partial charge on any atom is 0.255 e. The molecule has 1 saturated heterocycles. The largest absolute Gasteiger partial charge is 0.364 e. The summed E-state index contributed by atoms with van der Waals surface area (Å²) in [6, 6.07) is 19.5. The van der Waals surface area contributed by atoms with Crippen LogP contribution < -0.4 is 5.32 Å². The Morgan fingerprint density at radius 1 is 0.914 bits per heavy atom. The van der Waals surface area contributed by atoms with Crippen molar-refractivity contribution >= 4 is 40.1 Å². The van der Waals surface area contributed by atoms with Gasteiger partial charge in [-0.1, -0.05) is 41.9 Å². The molecule has 0 bridgehead atoms. The summed E-state index contributed by atoms with van der Waals surface area (Å²) in [6.45, 7) is 2.08. The van der Waals surface area contributed by atoms with Gasteiger partial charge in [0, 0.05) is 43.7 Å². The topological polar surface area (TPSA) is 81.3 Å². The molecular weight excluding hydrogens is 469 g/mol. The van der Waals surface area contributed by atoms with E-state index in [2.05, 4.69) is 15.5 Å². The molecule has 1 fully saturated rings. The van der Waals surface area contributed by atoms with Gasteiger partial charge in [-0.05, 0) is 42.0 Å². The first-order chi connectivity index (χ1) is 17.0. The van der Waals surface area contributed by atoms with E-state index in [9.17, 15) is 14.0 Å². The normalized spacial score (nSPS) is 13.8. The summed E-state index contributed by atoms with van der Waals surface area (Å²) in [5.41, 5.74) is 2.72. The SMILES string of the molecule is O=C(c1ccc(CNc2n[nH]c3ccccc23)cc1)N1CCN(C(=O)c2cccc(F)c2Cl)CC1. The molecule has 0 saturated carbocycles. The second-order valence-corrected chi connectivity index (χ2v) is 8.73. The van der Waals surface area contributed by atoms with E-state index in [1.165, 1.54) is 18.2 Å². The Balaban J connectivity index is 1.17. The molecule has 2 amide bonds. The van der Waals surface area contributed by atoms with Gasteiger partial charge >= 0.3 is 0 Å². The number of benzene rings is 3. The van der Waals surface area contributed by atoms with E-state index in [-0.39, 0.29) is 22.4 Å². The molecule has 1 aromatic heterocycles. The Bertz CT molecular complexity index is 1380. The van der Waals surface area contributed by atoms with Crippen LogP contribution in [0.2, 0.25) is 5.02 Å². The molecule has 35 heavy (non-hydrogen) atoms. The highest BCUT2D eigenvalue weighted by molar-refractivity contribution is 6.34. The number of hydrogen-bond acceptors (Lipinski definition) is 4. The molecule has 2 heterocycles. The molecule has 3 aromatic carbocycles. The molecule has 0 aliphatic carbocycles. The molecule has 5 rings (SSSR count). The van der Waals surface area contributed by atoms with Crippen LogP contribution in [-0.2, 0) is 6.54 Å². The number of halogens is 2. The van der Waals surface area contributed by atoms with Gasteiger partial charge in [-0.25, -0.2) is 4.39 Å². The van der Waals surface area contributed by atoms with Crippen molar-refractivity contribution in [2.45, 2.75) is 6.54 Å². The first-order valence-corrected chi connectivity index (χ1v) is 11.7. The number of aromatic amines is 1. The highest BCUT2D eigenvalue weighted by Gasteiger charge is 2.27. The highest BCUT2D eigenvalue weighted by Crippen LogP contribution is 2.23. The zero-order valence-electron chi connectivity index (χ0n) is 18.8. The molecule has 0 unspecified atom stereocenters. The molecular formula is C26H23ClFN5O2. The summed E-state index contributed by atoms with van der Waals surface area (Å²) in [5, 5.41) is 11.5. The highest BCUT2D eigenvalue weighted by atomic mass is 35.5. The number of rotatable bonds is 5. The predicted octanol–water partition coefficient (Wildman–Crippen LogP) is 4.57. The molecule has 7 nitrogen and oxygen atoms in total. The summed E-state index contributed by atoms with van der Waals surface area (Å²) < 4.78 is 13.7. The second-order valence-electron chi connectivity index (χ2n) is 8.35. The number of amides is 2. The van der Waals surface area contributed by atoms with E-state index in [0.29, 0.717) is 38.3 Å². The summed E-state index contributed by atoms with van der Waals surface area (Å²) in [5.74, 6) is -0.253. The minimum Gasteiger partial charge on any atom is -0.364 e. The van der Waals surface area contributed by atoms with Crippen LogP contribution in [0.4, 0.5) is 10.2 Å². The number of carbonyl (C=O) groups is 2. The summed E-state index contributed by atoms with van der Waals surface area (Å²) >= 11 is 5.96. The Hall–Kier alpha value is -3.91. The van der Waals surface area contributed by atoms with E-state index in [0.717, 1.165) is 22.3 Å². The Labute approximate surface area is 206 Å². The first-order valence-electron chi connectivity index (χ1n) is 11.3. The third kappa shape index (κ3) is 4.70. The number of para-hydroxylation sites is 1. The minimum absolute atomic E-state index is 0.0845. The van der Waals surface area contributed by atoms with Crippen LogP contribution >= 0.6 is 11.6 Å². The monoisotopic (exact) mass is 491 g/mol. The van der Waals surface area contributed by atoms with E-state index in [1.807, 2.05) is 48.5 Å². The molecule has 1 aliphatic rings. The second kappa shape index (κ2) is 9.76. The van der Waals surface area contributed by atoms with Crippen LogP contribution in [0.3, 0.4) is 0 Å². The smallest absolute Gasteiger partial charge is 0.255 e. The van der Waals surface area contributed by atoms with E-state index >= 15 is 0 Å². The van der Waals surface area contributed by atoms with Gasteiger partial charge in [-0.3, -0.25) is 14.7 Å². The number of anilines is 1. The lowest BCUT2D eigenvalue weighted by Gasteiger charge is -2.35. The third-order valence-electron chi connectivity index (χ3n) is 6.17. The quantitative estimate of drug-likeness (QED) is 0.428. The standard InChI is InChI=1S/C26H23ClFN5O2/c27-23-20(5-3-6-21(23)28)26(35)33-14-12-32(13-15-33)25(34)18-10-8-17(9-11-18)16-29-24-19-4-1-2-7-22(19)30-31-24/h1-11H,12-16H2,(H2,29,30,31). The lowest BCUT2D eigenvalue weighted by atomic mass is 10.1. The fourth-order valence-electron chi connectivity index (χ4n) is 4.18. The fourth-order valence-corrected chi connectivity index (χ4v) is 4.39. The lowest BCUT2D eigenvalue weighted by molar-refractivity contribution is 0.0535. The van der Waals surface area contributed by atoms with Crippen LogP contribution in [0.25, 0.3) is 10.9 Å². The first kappa shape index (κ1) is 22.9. The minimum atomic E-state index is -0.623. The van der Waals surface area contributed by atoms with Crippen molar-refractivity contribution in [1.82, 2.24) is 20.0 Å². The van der Waals surface area contributed by atoms with Crippen molar-refractivity contribution in [1.29, 1.82) is 0 Å². The maximum absolute atomic E-state index is 13.7. The molecule has 2 N–H and O–H groups in total. The molecule has 178 valence electrons. The van der Waals surface area contributed by atoms with Crippen LogP contribution in [0, 0.1) is 5.82 Å². The Morgan fingerprint density at radius 3 is 2.34 bits per heavy atom. The van der Waals surface area contributed by atoms with Crippen LogP contribution in [0.5, 0.6) is 0 Å². The van der Waals surface area contributed by atoms with Crippen molar-refractivity contribution in [2.24, 2.45) is 0 Å². The van der Waals surface area contributed by atoms with Crippen LogP contribution in [0.1, 0.15) is 26.3 Å². The zero-order valence-corrected chi connectivity index (χ0v) is 19.6. The number of nitrogens with one attached hydrogen (secondary N) is 2. The van der Waals surface area contributed by atoms with Crippen LogP contribution in [-0.4, -0.2) is 58.0 Å². The van der Waals surface area contributed by atoms with Crippen molar-refractivity contribution < 1.29 is 14.0 Å². The van der Waals surface area contributed by atoms with Gasteiger partial charge in [-0.15, -0.1) is 0 Å². The van der Waals surface area contributed by atoms with Gasteiger partial charge in [0.1, 0.15) is 5.82 Å². The Morgan fingerprint density at radius 2 is 1.60 bits per heavy atom. The maximum atomic E-state index is 13.7.